The van der Waals surface area contributed by atoms with E-state index in [4.69, 9.17) is 4.74 Å². The normalized spacial score (nSPS) is 14.0. The van der Waals surface area contributed by atoms with E-state index < -0.39 is 34.3 Å². The SMILES string of the molecule is CC(C(=O)NC1CCCC1)N(Cc1ccccc1F)C(=O)CN(c1ccc(Oc2ccccc2)cc1)S(=O)(=O)c1ccccc1. The quantitative estimate of drug-likeness (QED) is 0.199. The van der Waals surface area contributed by atoms with Crippen molar-refractivity contribution in [1.82, 2.24) is 10.2 Å². The van der Waals surface area contributed by atoms with Gasteiger partial charge in [-0.3, -0.25) is 13.9 Å². The van der Waals surface area contributed by atoms with E-state index in [0.717, 1.165) is 30.0 Å². The van der Waals surface area contributed by atoms with E-state index in [0.29, 0.717) is 11.5 Å². The van der Waals surface area contributed by atoms with Gasteiger partial charge in [-0.2, -0.15) is 0 Å². The van der Waals surface area contributed by atoms with Crippen LogP contribution in [0.15, 0.2) is 114 Å². The number of carbonyl (C=O) groups is 2. The first-order chi connectivity index (χ1) is 21.7. The van der Waals surface area contributed by atoms with E-state index >= 15 is 0 Å². The maximum Gasteiger partial charge on any atom is 0.264 e. The fourth-order valence-corrected chi connectivity index (χ4v) is 6.77. The molecular formula is C35H36FN3O5S. The fourth-order valence-electron chi connectivity index (χ4n) is 5.34. The maximum absolute atomic E-state index is 14.8. The van der Waals surface area contributed by atoms with Gasteiger partial charge in [-0.05, 0) is 74.4 Å². The van der Waals surface area contributed by atoms with Crippen LogP contribution >= 0.6 is 0 Å². The summed E-state index contributed by atoms with van der Waals surface area (Å²) in [6.45, 7) is 0.744. The Morgan fingerprint density at radius 3 is 2.07 bits per heavy atom. The average molecular weight is 630 g/mol. The zero-order valence-corrected chi connectivity index (χ0v) is 25.8. The van der Waals surface area contributed by atoms with Gasteiger partial charge >= 0.3 is 0 Å². The number of para-hydroxylation sites is 1. The van der Waals surface area contributed by atoms with Gasteiger partial charge in [0, 0.05) is 18.2 Å². The van der Waals surface area contributed by atoms with E-state index in [1.807, 2.05) is 18.2 Å². The molecule has 0 radical (unpaired) electrons. The molecule has 5 rings (SSSR count). The Hall–Kier alpha value is -4.70. The minimum absolute atomic E-state index is 0.00455. The lowest BCUT2D eigenvalue weighted by Gasteiger charge is -2.32. The summed E-state index contributed by atoms with van der Waals surface area (Å²) in [6.07, 6.45) is 3.73. The summed E-state index contributed by atoms with van der Waals surface area (Å²) >= 11 is 0. The van der Waals surface area contributed by atoms with Crippen molar-refractivity contribution in [3.63, 3.8) is 0 Å². The van der Waals surface area contributed by atoms with Crippen molar-refractivity contribution in [2.75, 3.05) is 10.8 Å². The van der Waals surface area contributed by atoms with E-state index in [9.17, 15) is 22.4 Å². The number of benzene rings is 4. The molecule has 1 aliphatic carbocycles. The molecule has 1 N–H and O–H groups in total. The second kappa shape index (κ2) is 14.4. The molecule has 0 saturated heterocycles. The predicted molar refractivity (Wildman–Crippen MR) is 171 cm³/mol. The van der Waals surface area contributed by atoms with Crippen LogP contribution in [0.2, 0.25) is 0 Å². The number of hydrogen-bond donors (Lipinski definition) is 1. The Labute approximate surface area is 263 Å². The molecule has 4 aromatic carbocycles. The third-order valence-electron chi connectivity index (χ3n) is 7.88. The summed E-state index contributed by atoms with van der Waals surface area (Å²) in [4.78, 5) is 28.7. The summed E-state index contributed by atoms with van der Waals surface area (Å²) in [6, 6.07) is 28.4. The van der Waals surface area contributed by atoms with Crippen molar-refractivity contribution in [1.29, 1.82) is 0 Å². The van der Waals surface area contributed by atoms with Gasteiger partial charge in [0.1, 0.15) is 29.9 Å². The van der Waals surface area contributed by atoms with Crippen LogP contribution in [0.25, 0.3) is 0 Å². The molecule has 1 aliphatic rings. The summed E-state index contributed by atoms with van der Waals surface area (Å²) < 4.78 is 49.7. The highest BCUT2D eigenvalue weighted by Gasteiger charge is 2.33. The van der Waals surface area contributed by atoms with Gasteiger partial charge in [0.15, 0.2) is 0 Å². The molecule has 1 fully saturated rings. The summed E-state index contributed by atoms with van der Waals surface area (Å²) in [5.74, 6) is -0.459. The van der Waals surface area contributed by atoms with E-state index in [-0.39, 0.29) is 34.6 Å². The summed E-state index contributed by atoms with van der Waals surface area (Å²) in [5, 5.41) is 3.01. The van der Waals surface area contributed by atoms with Crippen molar-refractivity contribution in [3.8, 4) is 11.5 Å². The highest BCUT2D eigenvalue weighted by molar-refractivity contribution is 7.92. The largest absolute Gasteiger partial charge is 0.457 e. The average Bonchev–Trinajstić information content (AvgIpc) is 3.57. The smallest absolute Gasteiger partial charge is 0.264 e. The highest BCUT2D eigenvalue weighted by atomic mass is 32.2. The Morgan fingerprint density at radius 1 is 0.844 bits per heavy atom. The van der Waals surface area contributed by atoms with Crippen molar-refractivity contribution in [3.05, 3.63) is 121 Å². The number of amides is 2. The van der Waals surface area contributed by atoms with Crippen LogP contribution in [0.5, 0.6) is 11.5 Å². The maximum atomic E-state index is 14.8. The zero-order chi connectivity index (χ0) is 31.8. The number of nitrogens with one attached hydrogen (secondary N) is 1. The van der Waals surface area contributed by atoms with Crippen molar-refractivity contribution in [2.45, 2.75) is 56.1 Å². The van der Waals surface area contributed by atoms with Crippen LogP contribution < -0.4 is 14.4 Å². The highest BCUT2D eigenvalue weighted by Crippen LogP contribution is 2.29. The van der Waals surface area contributed by atoms with Gasteiger partial charge in [-0.25, -0.2) is 12.8 Å². The third-order valence-corrected chi connectivity index (χ3v) is 9.67. The Kier molecular flexibility index (Phi) is 10.1. The van der Waals surface area contributed by atoms with Crippen LogP contribution in [-0.2, 0) is 26.2 Å². The number of ether oxygens (including phenoxy) is 1. The van der Waals surface area contributed by atoms with Crippen molar-refractivity contribution in [2.24, 2.45) is 0 Å². The number of hydrogen-bond acceptors (Lipinski definition) is 5. The lowest BCUT2D eigenvalue weighted by atomic mass is 10.1. The van der Waals surface area contributed by atoms with Crippen LogP contribution in [0.1, 0.15) is 38.2 Å². The number of carbonyl (C=O) groups excluding carboxylic acids is 2. The van der Waals surface area contributed by atoms with Crippen LogP contribution in [0.3, 0.4) is 0 Å². The van der Waals surface area contributed by atoms with Gasteiger partial charge in [0.2, 0.25) is 11.8 Å². The standard InChI is InChI=1S/C35H36FN3O5S/c1-26(35(41)37-28-13-9-10-14-28)38(24-27-12-8-11-19-33(27)36)34(40)25-39(45(42,43)32-17-6-3-7-18-32)29-20-22-31(23-21-29)44-30-15-4-2-5-16-30/h2-8,11-12,15-23,26,28H,9-10,13-14,24-25H2,1H3,(H,37,41). The molecular weight excluding hydrogens is 593 g/mol. The van der Waals surface area contributed by atoms with Crippen LogP contribution in [0, 0.1) is 5.82 Å². The van der Waals surface area contributed by atoms with Crippen molar-refractivity contribution >= 4 is 27.5 Å². The van der Waals surface area contributed by atoms with Gasteiger partial charge < -0.3 is 15.0 Å². The molecule has 1 saturated carbocycles. The lowest BCUT2D eigenvalue weighted by Crippen LogP contribution is -2.52. The number of anilines is 1. The monoisotopic (exact) mass is 629 g/mol. The van der Waals surface area contributed by atoms with Gasteiger partial charge in [-0.1, -0.05) is 67.4 Å². The molecule has 0 aromatic heterocycles. The van der Waals surface area contributed by atoms with Crippen molar-refractivity contribution < 1.29 is 27.1 Å². The molecule has 8 nitrogen and oxygen atoms in total. The van der Waals surface area contributed by atoms with Crippen LogP contribution in [-0.4, -0.2) is 43.8 Å². The first-order valence-corrected chi connectivity index (χ1v) is 16.4. The molecule has 45 heavy (non-hydrogen) atoms. The van der Waals surface area contributed by atoms with E-state index in [2.05, 4.69) is 5.32 Å². The lowest BCUT2D eigenvalue weighted by molar-refractivity contribution is -0.139. The molecule has 1 unspecified atom stereocenters. The van der Waals surface area contributed by atoms with E-state index in [1.165, 1.54) is 23.1 Å². The molecule has 4 aromatic rings. The predicted octanol–water partition coefficient (Wildman–Crippen LogP) is 6.29. The Bertz CT molecular complexity index is 1700. The number of nitrogens with zero attached hydrogens (tertiary/aromatic N) is 2. The van der Waals surface area contributed by atoms with Gasteiger partial charge in [0.25, 0.3) is 10.0 Å². The summed E-state index contributed by atoms with van der Waals surface area (Å²) in [7, 11) is -4.23. The Balaban J connectivity index is 1.46. The zero-order valence-electron chi connectivity index (χ0n) is 25.0. The molecule has 0 aliphatic heterocycles. The van der Waals surface area contributed by atoms with Gasteiger partial charge in [0.05, 0.1) is 10.6 Å². The number of halogens is 1. The van der Waals surface area contributed by atoms with Gasteiger partial charge in [-0.15, -0.1) is 0 Å². The number of sulfonamides is 1. The first-order valence-electron chi connectivity index (χ1n) is 15.0. The Morgan fingerprint density at radius 2 is 1.42 bits per heavy atom. The summed E-state index contributed by atoms with van der Waals surface area (Å²) in [5.41, 5.74) is 0.438. The molecule has 10 heteroatoms. The number of rotatable bonds is 12. The fraction of sp³-hybridized carbons (Fsp3) is 0.257. The second-order valence-corrected chi connectivity index (χ2v) is 12.9. The molecule has 1 atom stereocenters. The minimum atomic E-state index is -4.23. The van der Waals surface area contributed by atoms with E-state index in [1.54, 1.807) is 79.7 Å². The molecule has 234 valence electrons. The minimum Gasteiger partial charge on any atom is -0.457 e. The molecule has 0 heterocycles. The molecule has 2 amide bonds. The molecule has 0 spiro atoms. The third kappa shape index (κ3) is 7.88. The van der Waals surface area contributed by atoms with Crippen LogP contribution in [0.4, 0.5) is 10.1 Å². The second-order valence-electron chi connectivity index (χ2n) is 11.0. The first kappa shape index (κ1) is 31.7. The molecule has 0 bridgehead atoms. The topological polar surface area (TPSA) is 96.0 Å².